The summed E-state index contributed by atoms with van der Waals surface area (Å²) in [5.41, 5.74) is 1.51. The Morgan fingerprint density at radius 2 is 1.73 bits per heavy atom. The number of esters is 1. The van der Waals surface area contributed by atoms with E-state index in [0.29, 0.717) is 0 Å². The molecule has 4 aromatic rings. The van der Waals surface area contributed by atoms with Crippen molar-refractivity contribution in [3.8, 4) is 0 Å². The maximum Gasteiger partial charge on any atom is 0.355 e. The van der Waals surface area contributed by atoms with E-state index in [1.807, 2.05) is 30.3 Å². The second kappa shape index (κ2) is 8.00. The van der Waals surface area contributed by atoms with Gasteiger partial charge in [-0.15, -0.1) is 0 Å². The van der Waals surface area contributed by atoms with Crippen LogP contribution in [0.1, 0.15) is 42.5 Å². The quantitative estimate of drug-likeness (QED) is 0.392. The average Bonchev–Trinajstić information content (AvgIpc) is 3.17. The van der Waals surface area contributed by atoms with E-state index in [0.717, 1.165) is 5.56 Å². The first-order chi connectivity index (χ1) is 14.5. The molecule has 4 rings (SSSR count). The third kappa shape index (κ3) is 3.68. The molecule has 0 aliphatic rings. The number of aromatic nitrogens is 2. The molecule has 148 valence electrons. The molecule has 7 nitrogen and oxygen atoms in total. The van der Waals surface area contributed by atoms with Gasteiger partial charge in [-0.25, -0.2) is 9.59 Å². The average molecular weight is 400 g/mol. The Labute approximate surface area is 171 Å². The third-order valence-corrected chi connectivity index (χ3v) is 4.58. The largest absolute Gasteiger partial charge is 0.478 e. The van der Waals surface area contributed by atoms with Crippen LogP contribution in [0.2, 0.25) is 0 Å². The number of hydrogen-bond donors (Lipinski definition) is 1. The summed E-state index contributed by atoms with van der Waals surface area (Å²) in [5.74, 6) is -2.22. The normalized spacial score (nSPS) is 10.7. The molecule has 0 bridgehead atoms. The van der Waals surface area contributed by atoms with Gasteiger partial charge in [-0.05, 0) is 35.9 Å². The van der Waals surface area contributed by atoms with Gasteiger partial charge < -0.3 is 14.2 Å². The number of carboxylic acids is 1. The predicted octanol–water partition coefficient (Wildman–Crippen LogP) is 3.62. The van der Waals surface area contributed by atoms with Crippen LogP contribution in [0.5, 0.6) is 0 Å². The highest BCUT2D eigenvalue weighted by atomic mass is 16.5. The van der Waals surface area contributed by atoms with Crippen molar-refractivity contribution in [3.63, 3.8) is 0 Å². The maximum atomic E-state index is 12.7. The molecule has 0 fully saturated rings. The Kier molecular flexibility index (Phi) is 5.09. The van der Waals surface area contributed by atoms with Gasteiger partial charge in [-0.3, -0.25) is 9.78 Å². The van der Waals surface area contributed by atoms with Gasteiger partial charge in [0.25, 0.3) is 0 Å². The summed E-state index contributed by atoms with van der Waals surface area (Å²) in [6.07, 6.45) is 2.99. The van der Waals surface area contributed by atoms with Gasteiger partial charge in [0.05, 0.1) is 11.1 Å². The van der Waals surface area contributed by atoms with Crippen molar-refractivity contribution in [1.29, 1.82) is 0 Å². The second-order valence-electron chi connectivity index (χ2n) is 6.52. The van der Waals surface area contributed by atoms with Crippen molar-refractivity contribution < 1.29 is 24.2 Å². The smallest absolute Gasteiger partial charge is 0.355 e. The highest BCUT2D eigenvalue weighted by Crippen LogP contribution is 2.21. The summed E-state index contributed by atoms with van der Waals surface area (Å²) in [5, 5.41) is 9.57. The van der Waals surface area contributed by atoms with E-state index in [-0.39, 0.29) is 40.4 Å². The van der Waals surface area contributed by atoms with Crippen molar-refractivity contribution in [2.45, 2.75) is 6.61 Å². The van der Waals surface area contributed by atoms with Gasteiger partial charge >= 0.3 is 11.9 Å². The van der Waals surface area contributed by atoms with Crippen LogP contribution in [0.25, 0.3) is 5.52 Å². The molecular formula is C23H16N2O5. The lowest BCUT2D eigenvalue weighted by atomic mass is 10.1. The standard InChI is InChI=1S/C23H16N2O5/c26-21(18-8-4-5-10-24-18)16-9-11-25-19(12-16)17(22(27)28)13-20(25)23(29)30-14-15-6-2-1-3-7-15/h1-13H,14H2,(H,27,28). The van der Waals surface area contributed by atoms with E-state index in [1.54, 1.807) is 18.2 Å². The lowest BCUT2D eigenvalue weighted by Gasteiger charge is -2.06. The van der Waals surface area contributed by atoms with Gasteiger partial charge in [0.2, 0.25) is 5.78 Å². The number of carboxylic acid groups (broad SMARTS) is 1. The molecule has 3 aromatic heterocycles. The second-order valence-corrected chi connectivity index (χ2v) is 6.52. The Morgan fingerprint density at radius 1 is 0.967 bits per heavy atom. The number of hydrogen-bond acceptors (Lipinski definition) is 5. The first kappa shape index (κ1) is 19.1. The predicted molar refractivity (Wildman–Crippen MR) is 108 cm³/mol. The molecule has 0 saturated heterocycles. The topological polar surface area (TPSA) is 98.0 Å². The van der Waals surface area contributed by atoms with Crippen LogP contribution in [-0.4, -0.2) is 32.2 Å². The number of ketones is 1. The van der Waals surface area contributed by atoms with Crippen LogP contribution in [0.3, 0.4) is 0 Å². The first-order valence-corrected chi connectivity index (χ1v) is 9.10. The zero-order chi connectivity index (χ0) is 21.1. The van der Waals surface area contributed by atoms with Crippen molar-refractivity contribution in [2.24, 2.45) is 0 Å². The van der Waals surface area contributed by atoms with Crippen molar-refractivity contribution in [1.82, 2.24) is 9.38 Å². The number of ether oxygens (including phenoxy) is 1. The highest BCUT2D eigenvalue weighted by Gasteiger charge is 2.22. The molecule has 0 amide bonds. The number of aromatic carboxylic acids is 1. The monoisotopic (exact) mass is 400 g/mol. The minimum Gasteiger partial charge on any atom is -0.478 e. The molecule has 30 heavy (non-hydrogen) atoms. The van der Waals surface area contributed by atoms with Crippen molar-refractivity contribution in [2.75, 3.05) is 0 Å². The molecule has 0 atom stereocenters. The minimum absolute atomic E-state index is 0.0611. The lowest BCUT2D eigenvalue weighted by Crippen LogP contribution is -2.09. The van der Waals surface area contributed by atoms with E-state index >= 15 is 0 Å². The summed E-state index contributed by atoms with van der Waals surface area (Å²) < 4.78 is 6.74. The summed E-state index contributed by atoms with van der Waals surface area (Å²) in [6.45, 7) is 0.0611. The molecule has 0 radical (unpaired) electrons. The number of carbonyl (C=O) groups is 3. The van der Waals surface area contributed by atoms with Gasteiger partial charge in [-0.1, -0.05) is 36.4 Å². The fourth-order valence-electron chi connectivity index (χ4n) is 3.11. The van der Waals surface area contributed by atoms with Gasteiger partial charge in [0, 0.05) is 18.0 Å². The van der Waals surface area contributed by atoms with E-state index < -0.39 is 11.9 Å². The number of pyridine rings is 2. The summed E-state index contributed by atoms with van der Waals surface area (Å²) >= 11 is 0. The third-order valence-electron chi connectivity index (χ3n) is 4.58. The van der Waals surface area contributed by atoms with E-state index in [9.17, 15) is 19.5 Å². The molecule has 0 unspecified atom stereocenters. The van der Waals surface area contributed by atoms with Crippen LogP contribution in [0.15, 0.2) is 79.1 Å². The Balaban J connectivity index is 1.69. The molecule has 0 aliphatic carbocycles. The highest BCUT2D eigenvalue weighted by molar-refractivity contribution is 6.09. The van der Waals surface area contributed by atoms with Crippen LogP contribution in [0, 0.1) is 0 Å². The van der Waals surface area contributed by atoms with E-state index in [4.69, 9.17) is 4.74 Å². The zero-order valence-electron chi connectivity index (χ0n) is 15.7. The number of benzene rings is 1. The number of nitrogens with zero attached hydrogens (tertiary/aromatic N) is 2. The fraction of sp³-hybridized carbons (Fsp3) is 0.0435. The molecule has 1 N–H and O–H groups in total. The zero-order valence-corrected chi connectivity index (χ0v) is 15.7. The van der Waals surface area contributed by atoms with Crippen LogP contribution in [-0.2, 0) is 11.3 Å². The summed E-state index contributed by atoms with van der Waals surface area (Å²) in [4.78, 5) is 41.0. The Bertz CT molecular complexity index is 1250. The number of rotatable bonds is 6. The summed E-state index contributed by atoms with van der Waals surface area (Å²) in [6, 6.07) is 18.3. The van der Waals surface area contributed by atoms with Gasteiger partial charge in [0.1, 0.15) is 18.0 Å². The Hall–Kier alpha value is -4.26. The molecule has 0 aliphatic heterocycles. The van der Waals surface area contributed by atoms with E-state index in [2.05, 4.69) is 4.98 Å². The molecule has 7 heteroatoms. The van der Waals surface area contributed by atoms with E-state index in [1.165, 1.54) is 35.0 Å². The maximum absolute atomic E-state index is 12.7. The van der Waals surface area contributed by atoms with Crippen molar-refractivity contribution >= 4 is 23.2 Å². The lowest BCUT2D eigenvalue weighted by molar-refractivity contribution is 0.0464. The molecule has 0 saturated carbocycles. The SMILES string of the molecule is O=C(c1ccn2c(C(=O)OCc3ccccc3)cc(C(=O)O)c2c1)c1ccccn1. The Morgan fingerprint density at radius 3 is 2.43 bits per heavy atom. The summed E-state index contributed by atoms with van der Waals surface area (Å²) in [7, 11) is 0. The van der Waals surface area contributed by atoms with Crippen LogP contribution >= 0.6 is 0 Å². The van der Waals surface area contributed by atoms with Crippen molar-refractivity contribution in [3.05, 3.63) is 107 Å². The first-order valence-electron chi connectivity index (χ1n) is 9.10. The number of fused-ring (bicyclic) bond motifs is 1. The minimum atomic E-state index is -1.21. The van der Waals surface area contributed by atoms with Gasteiger partial charge in [-0.2, -0.15) is 0 Å². The van der Waals surface area contributed by atoms with Crippen LogP contribution < -0.4 is 0 Å². The van der Waals surface area contributed by atoms with Crippen LogP contribution in [0.4, 0.5) is 0 Å². The molecular weight excluding hydrogens is 384 g/mol. The molecule has 0 spiro atoms. The number of carbonyl (C=O) groups excluding carboxylic acids is 2. The molecule has 1 aromatic carbocycles. The molecule has 3 heterocycles. The fourth-order valence-corrected chi connectivity index (χ4v) is 3.11. The van der Waals surface area contributed by atoms with Gasteiger partial charge in [0.15, 0.2) is 0 Å².